The second kappa shape index (κ2) is 5.56. The number of hydrogen-bond donors (Lipinski definition) is 1. The smallest absolute Gasteiger partial charge is 0.0893 e. The van der Waals surface area contributed by atoms with E-state index < -0.39 is 0 Å². The van der Waals surface area contributed by atoms with Gasteiger partial charge in [0.1, 0.15) is 0 Å². The molecule has 0 fully saturated rings. The lowest BCUT2D eigenvalue weighted by atomic mass is 9.89. The van der Waals surface area contributed by atoms with Crippen LogP contribution in [0.25, 0.3) is 0 Å². The lowest BCUT2D eigenvalue weighted by Gasteiger charge is -2.21. The predicted molar refractivity (Wildman–Crippen MR) is 64.9 cm³/mol. The van der Waals surface area contributed by atoms with Gasteiger partial charge in [0.2, 0.25) is 0 Å². The molecular weight excluding hydrogens is 206 g/mol. The minimum atomic E-state index is 0.429. The standard InChI is InChI=1S/C11H21N3S/c1-9(5-6-11(2,3)4)12-7-10-8-15-14-13-10/h8-9,12H,5-7H2,1-4H3. The first-order valence-electron chi connectivity index (χ1n) is 5.47. The maximum Gasteiger partial charge on any atom is 0.0893 e. The van der Waals surface area contributed by atoms with Crippen molar-refractivity contribution in [3.8, 4) is 0 Å². The lowest BCUT2D eigenvalue weighted by molar-refractivity contribution is 0.336. The second-order valence-corrected chi connectivity index (χ2v) is 5.89. The molecule has 0 aliphatic heterocycles. The molecule has 0 aromatic carbocycles. The molecule has 15 heavy (non-hydrogen) atoms. The summed E-state index contributed by atoms with van der Waals surface area (Å²) < 4.78 is 3.84. The first kappa shape index (κ1) is 12.6. The molecule has 0 saturated heterocycles. The summed E-state index contributed by atoms with van der Waals surface area (Å²) in [6.07, 6.45) is 2.46. The summed E-state index contributed by atoms with van der Waals surface area (Å²) in [7, 11) is 0. The zero-order valence-corrected chi connectivity index (χ0v) is 10.9. The Morgan fingerprint density at radius 3 is 2.73 bits per heavy atom. The van der Waals surface area contributed by atoms with Gasteiger partial charge in [-0.1, -0.05) is 25.3 Å². The molecule has 0 aliphatic rings. The molecule has 0 bridgehead atoms. The topological polar surface area (TPSA) is 37.8 Å². The van der Waals surface area contributed by atoms with Crippen LogP contribution in [0.15, 0.2) is 5.38 Å². The van der Waals surface area contributed by atoms with Crippen molar-refractivity contribution in [2.75, 3.05) is 0 Å². The number of aromatic nitrogens is 2. The summed E-state index contributed by atoms with van der Waals surface area (Å²) in [4.78, 5) is 0. The molecule has 0 radical (unpaired) electrons. The Kier molecular flexibility index (Phi) is 4.67. The van der Waals surface area contributed by atoms with Crippen LogP contribution in [-0.2, 0) is 6.54 Å². The van der Waals surface area contributed by atoms with Gasteiger partial charge in [0.15, 0.2) is 0 Å². The van der Waals surface area contributed by atoms with Crippen LogP contribution in [0, 0.1) is 5.41 Å². The number of rotatable bonds is 5. The maximum absolute atomic E-state index is 4.00. The van der Waals surface area contributed by atoms with Gasteiger partial charge in [-0.2, -0.15) is 0 Å². The number of nitrogens with one attached hydrogen (secondary N) is 1. The fourth-order valence-corrected chi connectivity index (χ4v) is 1.74. The van der Waals surface area contributed by atoms with Crippen molar-refractivity contribution in [1.29, 1.82) is 0 Å². The van der Waals surface area contributed by atoms with E-state index in [4.69, 9.17) is 0 Å². The highest BCUT2D eigenvalue weighted by atomic mass is 32.1. The summed E-state index contributed by atoms with van der Waals surface area (Å²) in [5.74, 6) is 0. The van der Waals surface area contributed by atoms with Crippen molar-refractivity contribution in [2.24, 2.45) is 5.41 Å². The normalized spacial score (nSPS) is 14.1. The predicted octanol–water partition coefficient (Wildman–Crippen LogP) is 2.84. The van der Waals surface area contributed by atoms with E-state index in [0.717, 1.165) is 12.2 Å². The Hall–Kier alpha value is -0.480. The minimum absolute atomic E-state index is 0.429. The fraction of sp³-hybridized carbons (Fsp3) is 0.818. The SMILES string of the molecule is CC(CCC(C)(C)C)NCc1csnn1. The Morgan fingerprint density at radius 2 is 2.20 bits per heavy atom. The Bertz CT molecular complexity index is 264. The summed E-state index contributed by atoms with van der Waals surface area (Å²) in [5, 5.41) is 9.45. The zero-order valence-electron chi connectivity index (χ0n) is 10.1. The van der Waals surface area contributed by atoms with Gasteiger partial charge >= 0.3 is 0 Å². The Morgan fingerprint density at radius 1 is 1.47 bits per heavy atom. The Balaban J connectivity index is 2.16. The first-order valence-corrected chi connectivity index (χ1v) is 6.30. The van der Waals surface area contributed by atoms with Gasteiger partial charge in [-0.25, -0.2) is 0 Å². The molecule has 1 N–H and O–H groups in total. The van der Waals surface area contributed by atoms with Gasteiger partial charge in [0.25, 0.3) is 0 Å². The van der Waals surface area contributed by atoms with E-state index in [2.05, 4.69) is 42.6 Å². The van der Waals surface area contributed by atoms with E-state index in [1.54, 1.807) is 0 Å². The van der Waals surface area contributed by atoms with Crippen LogP contribution in [0.1, 0.15) is 46.2 Å². The number of nitrogens with zero attached hydrogens (tertiary/aromatic N) is 2. The van der Waals surface area contributed by atoms with Gasteiger partial charge in [-0.15, -0.1) is 5.10 Å². The summed E-state index contributed by atoms with van der Waals surface area (Å²) in [6, 6.07) is 0.547. The van der Waals surface area contributed by atoms with Gasteiger partial charge in [-0.3, -0.25) is 0 Å². The average molecular weight is 227 g/mol. The minimum Gasteiger partial charge on any atom is -0.309 e. The van der Waals surface area contributed by atoms with Crippen LogP contribution >= 0.6 is 11.5 Å². The van der Waals surface area contributed by atoms with Crippen LogP contribution in [-0.4, -0.2) is 15.6 Å². The second-order valence-electron chi connectivity index (χ2n) is 5.28. The molecule has 3 nitrogen and oxygen atoms in total. The average Bonchev–Trinajstić information content (AvgIpc) is 2.62. The fourth-order valence-electron chi connectivity index (χ4n) is 1.29. The first-order chi connectivity index (χ1) is 6.97. The molecule has 1 rings (SSSR count). The molecule has 0 aliphatic carbocycles. The van der Waals surface area contributed by atoms with Gasteiger partial charge in [0, 0.05) is 18.0 Å². The molecule has 0 amide bonds. The van der Waals surface area contributed by atoms with E-state index in [9.17, 15) is 0 Å². The van der Waals surface area contributed by atoms with Gasteiger partial charge in [-0.05, 0) is 36.7 Å². The largest absolute Gasteiger partial charge is 0.309 e. The lowest BCUT2D eigenvalue weighted by Crippen LogP contribution is -2.26. The molecule has 1 unspecified atom stereocenters. The maximum atomic E-state index is 4.00. The van der Waals surface area contributed by atoms with Crippen molar-refractivity contribution in [3.05, 3.63) is 11.1 Å². The van der Waals surface area contributed by atoms with Crippen LogP contribution < -0.4 is 5.32 Å². The summed E-state index contributed by atoms with van der Waals surface area (Å²) in [6.45, 7) is 9.91. The van der Waals surface area contributed by atoms with Gasteiger partial charge in [0.05, 0.1) is 5.69 Å². The molecule has 1 heterocycles. The van der Waals surface area contributed by atoms with E-state index in [-0.39, 0.29) is 0 Å². The van der Waals surface area contributed by atoms with Crippen LogP contribution in [0.2, 0.25) is 0 Å². The van der Waals surface area contributed by atoms with Crippen molar-refractivity contribution < 1.29 is 0 Å². The van der Waals surface area contributed by atoms with Crippen molar-refractivity contribution in [2.45, 2.75) is 53.1 Å². The van der Waals surface area contributed by atoms with Crippen molar-refractivity contribution in [1.82, 2.24) is 14.9 Å². The molecular formula is C11H21N3S. The van der Waals surface area contributed by atoms with Crippen molar-refractivity contribution >= 4 is 11.5 Å². The van der Waals surface area contributed by atoms with E-state index in [0.29, 0.717) is 11.5 Å². The highest BCUT2D eigenvalue weighted by Gasteiger charge is 2.12. The molecule has 1 atom stereocenters. The number of hydrogen-bond acceptors (Lipinski definition) is 4. The monoisotopic (exact) mass is 227 g/mol. The highest BCUT2D eigenvalue weighted by molar-refractivity contribution is 7.03. The zero-order chi connectivity index (χ0) is 11.3. The summed E-state index contributed by atoms with van der Waals surface area (Å²) in [5.41, 5.74) is 1.47. The molecule has 0 spiro atoms. The Labute approximate surface area is 96.5 Å². The molecule has 86 valence electrons. The molecule has 4 heteroatoms. The third-order valence-corrected chi connectivity index (χ3v) is 2.92. The highest BCUT2D eigenvalue weighted by Crippen LogP contribution is 2.21. The third-order valence-electron chi connectivity index (χ3n) is 2.36. The van der Waals surface area contributed by atoms with Crippen LogP contribution in [0.5, 0.6) is 0 Å². The molecule has 1 aromatic rings. The molecule has 1 aromatic heterocycles. The van der Waals surface area contributed by atoms with E-state index in [1.807, 2.05) is 5.38 Å². The van der Waals surface area contributed by atoms with Crippen LogP contribution in [0.4, 0.5) is 0 Å². The van der Waals surface area contributed by atoms with Crippen molar-refractivity contribution in [3.63, 3.8) is 0 Å². The van der Waals surface area contributed by atoms with Gasteiger partial charge < -0.3 is 5.32 Å². The summed E-state index contributed by atoms with van der Waals surface area (Å²) >= 11 is 1.41. The van der Waals surface area contributed by atoms with Crippen LogP contribution in [0.3, 0.4) is 0 Å². The quantitative estimate of drug-likeness (QED) is 0.840. The molecule has 0 saturated carbocycles. The third kappa shape index (κ3) is 5.85. The van der Waals surface area contributed by atoms with E-state index in [1.165, 1.54) is 24.4 Å². The van der Waals surface area contributed by atoms with E-state index >= 15 is 0 Å².